The number of guanidine groups is 2. The fourth-order valence-corrected chi connectivity index (χ4v) is 3.64. The Labute approximate surface area is 135 Å². The van der Waals surface area contributed by atoms with Gasteiger partial charge in [0.05, 0.1) is 0 Å². The number of halogens is 2. The highest BCUT2D eigenvalue weighted by atomic mass is 79.9. The van der Waals surface area contributed by atoms with E-state index in [2.05, 4.69) is 25.9 Å². The Morgan fingerprint density at radius 3 is 2.55 bits per heavy atom. The largest absolute Gasteiger partial charge is 0.506 e. The van der Waals surface area contributed by atoms with Crippen LogP contribution in [0.4, 0.5) is 10.1 Å². The van der Waals surface area contributed by atoms with E-state index in [-0.39, 0.29) is 23.4 Å². The third kappa shape index (κ3) is 2.41. The predicted octanol–water partition coefficient (Wildman–Crippen LogP) is 2.40. The van der Waals surface area contributed by atoms with Crippen LogP contribution in [-0.2, 0) is 0 Å². The molecule has 2 aliphatic rings. The summed E-state index contributed by atoms with van der Waals surface area (Å²) in [6, 6.07) is 2.70. The van der Waals surface area contributed by atoms with Gasteiger partial charge in [0.2, 0.25) is 11.9 Å². The first-order valence-corrected chi connectivity index (χ1v) is 7.90. The van der Waals surface area contributed by atoms with Gasteiger partial charge in [-0.3, -0.25) is 4.90 Å². The van der Waals surface area contributed by atoms with Crippen LogP contribution in [-0.4, -0.2) is 22.7 Å². The number of aliphatic imine (C=N–C) groups is 2. The van der Waals surface area contributed by atoms with Gasteiger partial charge in [0.25, 0.3) is 0 Å². The monoisotopic (exact) mass is 369 g/mol. The van der Waals surface area contributed by atoms with Crippen molar-refractivity contribution < 1.29 is 9.50 Å². The fraction of sp³-hybridized carbons (Fsp3) is 0.429. The average molecular weight is 370 g/mol. The van der Waals surface area contributed by atoms with Gasteiger partial charge >= 0.3 is 0 Å². The maximum atomic E-state index is 14.5. The summed E-state index contributed by atoms with van der Waals surface area (Å²) in [5.41, 5.74) is 11.0. The minimum atomic E-state index is -0.777. The van der Waals surface area contributed by atoms with E-state index in [9.17, 15) is 9.50 Å². The molecule has 1 saturated carbocycles. The summed E-state index contributed by atoms with van der Waals surface area (Å²) in [7, 11) is 0. The number of nitrogens with two attached hydrogens (primary N) is 2. The maximum absolute atomic E-state index is 14.5. The SMILES string of the molecule is NC1=NC2(CCCCC2)N(c2c(O)cc(Br)cc2F)C(N)=N1. The van der Waals surface area contributed by atoms with Crippen LogP contribution in [0.25, 0.3) is 0 Å². The molecule has 1 aliphatic heterocycles. The molecule has 1 spiro atoms. The Morgan fingerprint density at radius 2 is 1.91 bits per heavy atom. The molecule has 1 aromatic rings. The van der Waals surface area contributed by atoms with Gasteiger partial charge in [-0.15, -0.1) is 0 Å². The number of rotatable bonds is 1. The second-order valence-electron chi connectivity index (χ2n) is 5.57. The number of anilines is 1. The number of nitrogens with zero attached hydrogens (tertiary/aromatic N) is 3. The second-order valence-corrected chi connectivity index (χ2v) is 6.49. The van der Waals surface area contributed by atoms with Crippen LogP contribution >= 0.6 is 15.9 Å². The molecule has 1 aromatic carbocycles. The molecule has 0 saturated heterocycles. The van der Waals surface area contributed by atoms with Gasteiger partial charge in [0, 0.05) is 4.47 Å². The summed E-state index contributed by atoms with van der Waals surface area (Å²) >= 11 is 3.16. The number of hydrogen-bond acceptors (Lipinski definition) is 6. The Balaban J connectivity index is 2.16. The molecule has 0 bridgehead atoms. The Kier molecular flexibility index (Phi) is 3.72. The highest BCUT2D eigenvalue weighted by molar-refractivity contribution is 9.10. The van der Waals surface area contributed by atoms with Gasteiger partial charge in [-0.25, -0.2) is 9.38 Å². The number of aromatic hydroxyl groups is 1. The zero-order valence-corrected chi connectivity index (χ0v) is 13.5. The molecule has 0 radical (unpaired) electrons. The molecule has 1 heterocycles. The van der Waals surface area contributed by atoms with Crippen LogP contribution in [0.15, 0.2) is 26.6 Å². The summed E-state index contributed by atoms with van der Waals surface area (Å²) < 4.78 is 14.9. The fourth-order valence-electron chi connectivity index (χ4n) is 3.22. The quantitative estimate of drug-likeness (QED) is 0.707. The summed E-state index contributed by atoms with van der Waals surface area (Å²) in [4.78, 5) is 9.89. The predicted molar refractivity (Wildman–Crippen MR) is 87.3 cm³/mol. The van der Waals surface area contributed by atoms with E-state index in [1.807, 2.05) is 0 Å². The number of hydrogen-bond donors (Lipinski definition) is 3. The van der Waals surface area contributed by atoms with Crippen molar-refractivity contribution in [3.8, 4) is 5.75 Å². The first kappa shape index (κ1) is 15.1. The van der Waals surface area contributed by atoms with Crippen molar-refractivity contribution in [1.29, 1.82) is 0 Å². The summed E-state index contributed by atoms with van der Waals surface area (Å²) in [5, 5.41) is 10.2. The van der Waals surface area contributed by atoms with E-state index in [0.29, 0.717) is 17.3 Å². The van der Waals surface area contributed by atoms with Crippen molar-refractivity contribution in [2.45, 2.75) is 37.8 Å². The molecule has 1 aliphatic carbocycles. The molecule has 0 amide bonds. The van der Waals surface area contributed by atoms with Crippen LogP contribution in [0, 0.1) is 5.82 Å². The van der Waals surface area contributed by atoms with E-state index in [1.54, 1.807) is 0 Å². The van der Waals surface area contributed by atoms with E-state index in [4.69, 9.17) is 11.5 Å². The van der Waals surface area contributed by atoms with Gasteiger partial charge in [0.1, 0.15) is 17.1 Å². The van der Waals surface area contributed by atoms with E-state index in [1.165, 1.54) is 17.0 Å². The molecule has 0 unspecified atom stereocenters. The molecule has 0 atom stereocenters. The third-order valence-corrected chi connectivity index (χ3v) is 4.54. The first-order chi connectivity index (χ1) is 10.4. The number of phenolic OH excluding ortho intramolecular Hbond substituents is 1. The highest BCUT2D eigenvalue weighted by Crippen LogP contribution is 2.44. The normalized spacial score (nSPS) is 20.7. The minimum absolute atomic E-state index is 0.0115. The first-order valence-electron chi connectivity index (χ1n) is 7.11. The minimum Gasteiger partial charge on any atom is -0.506 e. The van der Waals surface area contributed by atoms with Crippen LogP contribution in [0.3, 0.4) is 0 Å². The van der Waals surface area contributed by atoms with Gasteiger partial charge in [0.15, 0.2) is 5.82 Å². The molecule has 118 valence electrons. The molecule has 6 nitrogen and oxygen atoms in total. The zero-order chi connectivity index (χ0) is 15.9. The summed E-state index contributed by atoms with van der Waals surface area (Å²) in [6.45, 7) is 0. The lowest BCUT2D eigenvalue weighted by Crippen LogP contribution is -2.58. The molecule has 0 aromatic heterocycles. The molecular formula is C14H17BrFN5O. The van der Waals surface area contributed by atoms with Crippen molar-refractivity contribution in [2.24, 2.45) is 21.5 Å². The van der Waals surface area contributed by atoms with Crippen molar-refractivity contribution in [1.82, 2.24) is 0 Å². The molecule has 8 heteroatoms. The molecule has 3 rings (SSSR count). The van der Waals surface area contributed by atoms with E-state index >= 15 is 0 Å². The van der Waals surface area contributed by atoms with Crippen molar-refractivity contribution >= 4 is 33.5 Å². The second kappa shape index (κ2) is 5.42. The van der Waals surface area contributed by atoms with Crippen LogP contribution in [0.2, 0.25) is 0 Å². The van der Waals surface area contributed by atoms with E-state index in [0.717, 1.165) is 19.3 Å². The van der Waals surface area contributed by atoms with Gasteiger partial charge < -0.3 is 16.6 Å². The molecule has 1 fully saturated rings. The summed E-state index contributed by atoms with van der Waals surface area (Å²) in [5.74, 6) is -0.671. The molecule has 22 heavy (non-hydrogen) atoms. The third-order valence-electron chi connectivity index (χ3n) is 4.08. The standard InChI is InChI=1S/C14H17BrFN5O/c15-8-6-9(16)11(10(22)7-8)21-13(18)19-12(17)20-14(21)4-2-1-3-5-14/h6-7,22H,1-5H2,(H4,17,18,19,20). The topological polar surface area (TPSA) is 100 Å². The van der Waals surface area contributed by atoms with Gasteiger partial charge in [-0.05, 0) is 37.8 Å². The molecular weight excluding hydrogens is 353 g/mol. The Hall–Kier alpha value is -1.83. The van der Waals surface area contributed by atoms with Crippen LogP contribution in [0.1, 0.15) is 32.1 Å². The Bertz CT molecular complexity index is 646. The number of phenols is 1. The number of benzene rings is 1. The highest BCUT2D eigenvalue weighted by Gasteiger charge is 2.44. The van der Waals surface area contributed by atoms with Gasteiger partial charge in [-0.2, -0.15) is 4.99 Å². The van der Waals surface area contributed by atoms with Crippen LogP contribution < -0.4 is 16.4 Å². The molecule has 5 N–H and O–H groups in total. The van der Waals surface area contributed by atoms with Crippen molar-refractivity contribution in [3.05, 3.63) is 22.4 Å². The Morgan fingerprint density at radius 1 is 1.23 bits per heavy atom. The smallest absolute Gasteiger partial charge is 0.220 e. The maximum Gasteiger partial charge on any atom is 0.220 e. The average Bonchev–Trinajstić information content (AvgIpc) is 2.41. The lowest BCUT2D eigenvalue weighted by atomic mass is 9.87. The summed E-state index contributed by atoms with van der Waals surface area (Å²) in [6.07, 6.45) is 4.30. The van der Waals surface area contributed by atoms with Crippen molar-refractivity contribution in [2.75, 3.05) is 4.90 Å². The zero-order valence-electron chi connectivity index (χ0n) is 11.9. The van der Waals surface area contributed by atoms with Crippen molar-refractivity contribution in [3.63, 3.8) is 0 Å². The lowest BCUT2D eigenvalue weighted by molar-refractivity contribution is 0.301. The lowest BCUT2D eigenvalue weighted by Gasteiger charge is -2.45. The van der Waals surface area contributed by atoms with Crippen LogP contribution in [0.5, 0.6) is 5.75 Å². The van der Waals surface area contributed by atoms with Gasteiger partial charge in [-0.1, -0.05) is 22.4 Å². The van der Waals surface area contributed by atoms with E-state index < -0.39 is 11.5 Å².